The maximum Gasteiger partial charge on any atom is 0.144 e. The minimum Gasteiger partial charge on any atom is -0.243 e. The summed E-state index contributed by atoms with van der Waals surface area (Å²) in [5.74, 6) is 1.39. The Kier molecular flexibility index (Phi) is 31.3. The average Bonchev–Trinajstić information content (AvgIpc) is 4.30. The molecule has 6 aromatic rings. The van der Waals surface area contributed by atoms with Gasteiger partial charge < -0.3 is 0 Å². The van der Waals surface area contributed by atoms with E-state index in [-0.39, 0.29) is 0 Å². The van der Waals surface area contributed by atoms with E-state index in [0.29, 0.717) is 11.8 Å². The quantitative estimate of drug-likeness (QED) is 0.0354. The van der Waals surface area contributed by atoms with Crippen molar-refractivity contribution in [3.05, 3.63) is 43.0 Å². The number of benzene rings is 2. The lowest BCUT2D eigenvalue weighted by molar-refractivity contribution is 0.316. The van der Waals surface area contributed by atoms with Crippen molar-refractivity contribution in [3.63, 3.8) is 0 Å². The number of unbranched alkanes of at least 4 members (excludes halogenated alkanes) is 32. The molecule has 0 saturated heterocycles. The first-order valence-electron chi connectivity index (χ1n) is 31.9. The Morgan fingerprint density at radius 3 is 0.868 bits per heavy atom. The molecular weight excluding hydrogens is 1100 g/mol. The molecule has 2 atom stereocenters. The van der Waals surface area contributed by atoms with Crippen molar-refractivity contribution in [3.8, 4) is 20.9 Å². The largest absolute Gasteiger partial charge is 0.243 e. The van der Waals surface area contributed by atoms with Gasteiger partial charge in [-0.15, -0.1) is 22.7 Å². The summed E-state index contributed by atoms with van der Waals surface area (Å²) in [5, 5.41) is 20.3. The first-order chi connectivity index (χ1) is 37.4. The van der Waals surface area contributed by atoms with Crippen LogP contribution in [0.25, 0.3) is 53.7 Å². The molecule has 10 heteroatoms. The first-order valence-corrected chi connectivity index (χ1v) is 35.1. The number of halogens is 2. The molecule has 0 N–H and O–H groups in total. The highest BCUT2D eigenvalue weighted by Gasteiger charge is 2.24. The molecule has 0 aliphatic heterocycles. The summed E-state index contributed by atoms with van der Waals surface area (Å²) in [6, 6.07) is 9.31. The van der Waals surface area contributed by atoms with Crippen molar-refractivity contribution < 1.29 is 9.26 Å². The molecule has 76 heavy (non-hydrogen) atoms. The zero-order valence-corrected chi connectivity index (χ0v) is 53.1. The monoisotopic (exact) mass is 1200 g/mol. The predicted molar refractivity (Wildman–Crippen MR) is 338 cm³/mol. The van der Waals surface area contributed by atoms with Crippen molar-refractivity contribution in [1.29, 1.82) is 0 Å². The van der Waals surface area contributed by atoms with Gasteiger partial charge in [0.25, 0.3) is 0 Å². The van der Waals surface area contributed by atoms with E-state index in [1.807, 2.05) is 0 Å². The number of aromatic nitrogens is 4. The van der Waals surface area contributed by atoms with E-state index in [1.165, 1.54) is 285 Å². The molecule has 424 valence electrons. The fraction of sp³-hybridized carbons (Fsp3) is 0.727. The summed E-state index contributed by atoms with van der Waals surface area (Å²) in [6.07, 6.45) is 57.2. The number of fused-ring (bicyclic) bond motifs is 5. The van der Waals surface area contributed by atoms with Crippen LogP contribution in [0, 0.1) is 11.8 Å². The third-order valence-electron chi connectivity index (χ3n) is 16.8. The molecule has 0 amide bonds. The Morgan fingerprint density at radius 2 is 0.592 bits per heavy atom. The number of thiophene rings is 2. The van der Waals surface area contributed by atoms with Gasteiger partial charge >= 0.3 is 0 Å². The van der Waals surface area contributed by atoms with Crippen LogP contribution in [0.5, 0.6) is 0 Å². The fourth-order valence-corrected chi connectivity index (χ4v) is 15.5. The Hall–Kier alpha value is -2.14. The minimum absolute atomic E-state index is 0.695. The maximum absolute atomic E-state index is 5.61. The minimum atomic E-state index is 0.695. The molecule has 0 radical (unpaired) electrons. The lowest BCUT2D eigenvalue weighted by atomic mass is 9.89. The van der Waals surface area contributed by atoms with Crippen molar-refractivity contribution in [1.82, 2.24) is 20.6 Å². The number of rotatable bonds is 46. The SMILES string of the molecule is CCCCCCCCCCCCC(CCCCCCCCCC)Cc1cc(-c2cc3c(cc(-c4cc(CC(CCCCCCCCCC)CCCCCCCCCCCC)c(Br)s4)c4nonc43)c3nonc23)sc1Br. The molecule has 6 rings (SSSR count). The van der Waals surface area contributed by atoms with Gasteiger partial charge in [0.05, 0.1) is 7.57 Å². The van der Waals surface area contributed by atoms with E-state index in [4.69, 9.17) is 9.26 Å². The Balaban J connectivity index is 1.15. The lowest BCUT2D eigenvalue weighted by Crippen LogP contribution is -2.05. The Morgan fingerprint density at radius 1 is 0.342 bits per heavy atom. The van der Waals surface area contributed by atoms with Crippen LogP contribution in [-0.4, -0.2) is 20.6 Å². The third-order valence-corrected chi connectivity index (χ3v) is 20.8. The van der Waals surface area contributed by atoms with Crippen molar-refractivity contribution in [2.45, 2.75) is 297 Å². The zero-order valence-electron chi connectivity index (χ0n) is 48.3. The average molecular weight is 1210 g/mol. The van der Waals surface area contributed by atoms with Gasteiger partial charge in [-0.1, -0.05) is 285 Å². The number of hydrogen-bond donors (Lipinski definition) is 0. The summed E-state index contributed by atoms with van der Waals surface area (Å²) < 4.78 is 13.7. The standard InChI is InChI=1S/C66H102Br2N4O2S2/c1-5-9-13-17-21-25-27-31-35-39-43-51(41-37-33-29-23-19-15-11-7-3)45-53-47-59(75-65(53)67)57-49-55-56(61-63(57)71-73-69-61)50-58(64-62(55)70-74-72-64)60-48-54(66(68)76-60)46-52(42-38-34-30-24-20-16-12-8-4)44-40-36-32-28-26-22-18-14-10-6-2/h47-52H,5-46H2,1-4H3. The number of hydrogen-bond acceptors (Lipinski definition) is 8. The van der Waals surface area contributed by atoms with Crippen molar-refractivity contribution in [2.75, 3.05) is 0 Å². The van der Waals surface area contributed by atoms with E-state index < -0.39 is 0 Å². The summed E-state index contributed by atoms with van der Waals surface area (Å²) in [4.78, 5) is 2.35. The van der Waals surface area contributed by atoms with Crippen LogP contribution in [-0.2, 0) is 12.8 Å². The van der Waals surface area contributed by atoms with Crippen LogP contribution < -0.4 is 0 Å². The second-order valence-electron chi connectivity index (χ2n) is 23.3. The van der Waals surface area contributed by atoms with Crippen LogP contribution in [0.15, 0.2) is 41.1 Å². The molecule has 0 fully saturated rings. The summed E-state index contributed by atoms with van der Waals surface area (Å²) >= 11 is 11.8. The van der Waals surface area contributed by atoms with Crippen LogP contribution in [0.3, 0.4) is 0 Å². The molecule has 0 saturated carbocycles. The highest BCUT2D eigenvalue weighted by atomic mass is 79.9. The van der Waals surface area contributed by atoms with E-state index >= 15 is 0 Å². The second-order valence-corrected chi connectivity index (χ2v) is 28.0. The van der Waals surface area contributed by atoms with Crippen molar-refractivity contribution >= 4 is 87.4 Å². The van der Waals surface area contributed by atoms with Gasteiger partial charge in [-0.2, -0.15) is 0 Å². The van der Waals surface area contributed by atoms with Gasteiger partial charge in [-0.05, 0) is 113 Å². The first kappa shape index (κ1) is 63.0. The Bertz CT molecular complexity index is 2290. The molecule has 6 nitrogen and oxygen atoms in total. The van der Waals surface area contributed by atoms with Gasteiger partial charge in [0.2, 0.25) is 0 Å². The van der Waals surface area contributed by atoms with Gasteiger partial charge in [0.1, 0.15) is 22.1 Å². The molecule has 2 unspecified atom stereocenters. The van der Waals surface area contributed by atoms with E-state index in [2.05, 4.69) is 104 Å². The third kappa shape index (κ3) is 21.4. The van der Waals surface area contributed by atoms with Crippen LogP contribution in [0.2, 0.25) is 0 Å². The summed E-state index contributed by atoms with van der Waals surface area (Å²) in [7, 11) is 0. The van der Waals surface area contributed by atoms with Gasteiger partial charge in [0.15, 0.2) is 0 Å². The van der Waals surface area contributed by atoms with Crippen LogP contribution >= 0.6 is 54.5 Å². The maximum atomic E-state index is 5.61. The predicted octanol–water partition coefficient (Wildman–Crippen LogP) is 24.9. The lowest BCUT2D eigenvalue weighted by Gasteiger charge is -2.17. The topological polar surface area (TPSA) is 77.8 Å². The summed E-state index contributed by atoms with van der Waals surface area (Å²) in [6.45, 7) is 9.24. The molecule has 4 aromatic heterocycles. The van der Waals surface area contributed by atoms with E-state index in [0.717, 1.165) is 56.8 Å². The molecule has 0 bridgehead atoms. The Labute approximate surface area is 486 Å². The highest BCUT2D eigenvalue weighted by Crippen LogP contribution is 2.46. The van der Waals surface area contributed by atoms with Crippen LogP contribution in [0.4, 0.5) is 0 Å². The van der Waals surface area contributed by atoms with Crippen molar-refractivity contribution in [2.24, 2.45) is 11.8 Å². The second kappa shape index (κ2) is 37.7. The number of nitrogens with zero attached hydrogens (tertiary/aromatic N) is 4. The van der Waals surface area contributed by atoms with Gasteiger partial charge in [-0.3, -0.25) is 0 Å². The molecular formula is C66H102Br2N4O2S2. The smallest absolute Gasteiger partial charge is 0.144 e. The molecule has 4 heterocycles. The van der Waals surface area contributed by atoms with Gasteiger partial charge in [0, 0.05) is 31.7 Å². The highest BCUT2D eigenvalue weighted by molar-refractivity contribution is 9.11. The molecule has 0 spiro atoms. The van der Waals surface area contributed by atoms with Gasteiger partial charge in [-0.25, -0.2) is 9.26 Å². The zero-order chi connectivity index (χ0) is 53.4. The molecule has 2 aromatic carbocycles. The molecule has 0 aliphatic rings. The fourth-order valence-electron chi connectivity index (χ4n) is 12.1. The van der Waals surface area contributed by atoms with Crippen LogP contribution in [0.1, 0.15) is 296 Å². The summed E-state index contributed by atoms with van der Waals surface area (Å²) in [5.41, 5.74) is 7.97. The van der Waals surface area contributed by atoms with E-state index in [1.54, 1.807) is 22.7 Å². The normalized spacial score (nSPS) is 12.9. The van der Waals surface area contributed by atoms with E-state index in [9.17, 15) is 0 Å². The molecule has 0 aliphatic carbocycles.